The smallest absolute Gasteiger partial charge is 0.237 e. The molecule has 9 nitrogen and oxygen atoms in total. The lowest BCUT2D eigenvalue weighted by molar-refractivity contribution is -0.134. The van der Waals surface area contributed by atoms with Crippen LogP contribution in [0.25, 0.3) is 0 Å². The molecule has 0 aromatic heterocycles. The van der Waals surface area contributed by atoms with Crippen LogP contribution in [-0.4, -0.2) is 43.5 Å². The van der Waals surface area contributed by atoms with E-state index in [2.05, 4.69) is 39.2 Å². The fourth-order valence-corrected chi connectivity index (χ4v) is 5.96. The van der Waals surface area contributed by atoms with Gasteiger partial charge in [0.15, 0.2) is 0 Å². The summed E-state index contributed by atoms with van der Waals surface area (Å²) in [5.74, 6) is 2.24. The Morgan fingerprint density at radius 1 is 1.06 bits per heavy atom. The third-order valence-corrected chi connectivity index (χ3v) is 8.08. The second-order valence-corrected chi connectivity index (χ2v) is 10.6. The molecule has 4 fully saturated rings. The minimum Gasteiger partial charge on any atom is -0.356 e. The van der Waals surface area contributed by atoms with Gasteiger partial charge in [-0.15, -0.1) is 0 Å². The highest BCUT2D eigenvalue weighted by molar-refractivity contribution is 5.79. The van der Waals surface area contributed by atoms with Crippen LogP contribution < -0.4 is 32.3 Å². The van der Waals surface area contributed by atoms with Gasteiger partial charge in [-0.3, -0.25) is 25.2 Å². The summed E-state index contributed by atoms with van der Waals surface area (Å²) in [4.78, 5) is 29.9. The Kier molecular flexibility index (Phi) is 9.37. The Morgan fingerprint density at radius 2 is 1.88 bits per heavy atom. The van der Waals surface area contributed by atoms with Crippen molar-refractivity contribution in [3.63, 3.8) is 0 Å². The van der Waals surface area contributed by atoms with Crippen molar-refractivity contribution >= 4 is 11.8 Å². The van der Waals surface area contributed by atoms with Gasteiger partial charge in [-0.2, -0.15) is 5.48 Å². The van der Waals surface area contributed by atoms with Crippen LogP contribution in [0.4, 0.5) is 0 Å². The number of carbonyl (C=O) groups excluding carboxylic acids is 2. The molecule has 0 spiro atoms. The first-order valence-corrected chi connectivity index (χ1v) is 13.3. The van der Waals surface area contributed by atoms with Crippen molar-refractivity contribution in [2.24, 2.45) is 23.7 Å². The molecule has 5 atom stereocenters. The van der Waals surface area contributed by atoms with Crippen molar-refractivity contribution in [1.82, 2.24) is 32.3 Å². The maximum absolute atomic E-state index is 12.2. The maximum Gasteiger partial charge on any atom is 0.237 e. The molecule has 5 unspecified atom stereocenters. The van der Waals surface area contributed by atoms with E-state index >= 15 is 0 Å². The van der Waals surface area contributed by atoms with E-state index in [1.807, 2.05) is 0 Å². The van der Waals surface area contributed by atoms with Crippen LogP contribution >= 0.6 is 0 Å². The van der Waals surface area contributed by atoms with Gasteiger partial charge in [-0.25, -0.2) is 5.43 Å². The highest BCUT2D eigenvalue weighted by Crippen LogP contribution is 2.33. The highest BCUT2D eigenvalue weighted by Gasteiger charge is 2.39. The Bertz CT molecular complexity index is 642. The van der Waals surface area contributed by atoms with Gasteiger partial charge in [0.1, 0.15) is 6.23 Å². The van der Waals surface area contributed by atoms with Crippen molar-refractivity contribution in [3.05, 3.63) is 0 Å². The third-order valence-electron chi connectivity index (χ3n) is 8.08. The molecule has 0 radical (unpaired) electrons. The largest absolute Gasteiger partial charge is 0.356 e. The molecule has 188 valence electrons. The summed E-state index contributed by atoms with van der Waals surface area (Å²) in [6, 6.07) is 0. The van der Waals surface area contributed by atoms with E-state index in [4.69, 9.17) is 4.84 Å². The topological polar surface area (TPSA) is 116 Å². The molecule has 0 aromatic carbocycles. The Balaban J connectivity index is 1.02. The minimum atomic E-state index is -0.00144. The summed E-state index contributed by atoms with van der Waals surface area (Å²) in [5, 5.41) is 10.1. The van der Waals surface area contributed by atoms with Gasteiger partial charge < -0.3 is 10.6 Å². The summed E-state index contributed by atoms with van der Waals surface area (Å²) in [7, 11) is 0. The monoisotopic (exact) mass is 464 g/mol. The molecule has 0 aromatic rings. The van der Waals surface area contributed by atoms with E-state index in [1.165, 1.54) is 32.1 Å². The maximum atomic E-state index is 12.2. The van der Waals surface area contributed by atoms with Crippen LogP contribution in [0.5, 0.6) is 0 Å². The van der Waals surface area contributed by atoms with Gasteiger partial charge in [-0.1, -0.05) is 32.6 Å². The van der Waals surface area contributed by atoms with Crippen LogP contribution in [0, 0.1) is 23.7 Å². The SMILES string of the molecule is CC1CCC(C2NOC(CCCC(=O)NCCCNC3NNC(=O)C4CCCCC34)N2)CC1. The molecular weight excluding hydrogens is 420 g/mol. The van der Waals surface area contributed by atoms with Crippen molar-refractivity contribution in [2.75, 3.05) is 13.1 Å². The number of fused-ring (bicyclic) bond motifs is 1. The van der Waals surface area contributed by atoms with Crippen LogP contribution in [0.2, 0.25) is 0 Å². The number of hydrazine groups is 1. The van der Waals surface area contributed by atoms with E-state index in [1.54, 1.807) is 0 Å². The molecule has 4 aliphatic rings. The molecule has 2 saturated carbocycles. The molecular formula is C24H44N6O3. The molecule has 2 aliphatic heterocycles. The predicted octanol–water partition coefficient (Wildman–Crippen LogP) is 1.62. The molecule has 6 N–H and O–H groups in total. The van der Waals surface area contributed by atoms with Crippen LogP contribution in [0.3, 0.4) is 0 Å². The standard InChI is InChI=1S/C24H44N6O3/c1-16-10-12-17(13-11-16)22-27-21(33-30-22)9-4-8-20(31)25-14-5-15-26-23-18-6-2-3-7-19(18)24(32)29-28-23/h16-19,21-23,26-28,30H,2-15H2,1H3,(H,25,31)(H,29,32). The summed E-state index contributed by atoms with van der Waals surface area (Å²) in [6.07, 6.45) is 13.0. The average molecular weight is 465 g/mol. The highest BCUT2D eigenvalue weighted by atomic mass is 16.7. The number of nitrogens with one attached hydrogen (secondary N) is 6. The van der Waals surface area contributed by atoms with Gasteiger partial charge >= 0.3 is 0 Å². The van der Waals surface area contributed by atoms with Crippen molar-refractivity contribution in [1.29, 1.82) is 0 Å². The first kappa shape index (κ1) is 24.9. The number of hydrogen-bond donors (Lipinski definition) is 6. The summed E-state index contributed by atoms with van der Waals surface area (Å²) in [5.41, 5.74) is 9.12. The van der Waals surface area contributed by atoms with Gasteiger partial charge in [0.2, 0.25) is 11.8 Å². The summed E-state index contributed by atoms with van der Waals surface area (Å²) >= 11 is 0. The van der Waals surface area contributed by atoms with Crippen LogP contribution in [0.1, 0.15) is 84.0 Å². The Morgan fingerprint density at radius 3 is 2.73 bits per heavy atom. The van der Waals surface area contributed by atoms with E-state index in [9.17, 15) is 9.59 Å². The number of hydrogen-bond acceptors (Lipinski definition) is 7. The number of amides is 2. The molecule has 2 aliphatic carbocycles. The van der Waals surface area contributed by atoms with Crippen molar-refractivity contribution in [3.8, 4) is 0 Å². The second-order valence-electron chi connectivity index (χ2n) is 10.6. The molecule has 0 bridgehead atoms. The molecule has 2 heterocycles. The van der Waals surface area contributed by atoms with E-state index < -0.39 is 0 Å². The summed E-state index contributed by atoms with van der Waals surface area (Å²) < 4.78 is 0. The summed E-state index contributed by atoms with van der Waals surface area (Å²) in [6.45, 7) is 3.82. The second kappa shape index (κ2) is 12.4. The van der Waals surface area contributed by atoms with Crippen molar-refractivity contribution in [2.45, 2.75) is 103 Å². The quantitative estimate of drug-likeness (QED) is 0.272. The first-order chi connectivity index (χ1) is 16.1. The fraction of sp³-hybridized carbons (Fsp3) is 0.917. The lowest BCUT2D eigenvalue weighted by Crippen LogP contribution is -2.64. The van der Waals surface area contributed by atoms with E-state index in [0.29, 0.717) is 24.8 Å². The average Bonchev–Trinajstić information content (AvgIpc) is 3.30. The Labute approximate surface area is 198 Å². The van der Waals surface area contributed by atoms with Gasteiger partial charge in [-0.05, 0) is 63.3 Å². The molecule has 2 amide bonds. The fourth-order valence-electron chi connectivity index (χ4n) is 5.96. The number of carbonyl (C=O) groups is 2. The zero-order valence-electron chi connectivity index (χ0n) is 20.2. The third kappa shape index (κ3) is 7.11. The van der Waals surface area contributed by atoms with Gasteiger partial charge in [0, 0.05) is 24.8 Å². The molecule has 2 saturated heterocycles. The zero-order valence-corrected chi connectivity index (χ0v) is 20.2. The van der Waals surface area contributed by atoms with Crippen LogP contribution in [-0.2, 0) is 14.4 Å². The molecule has 4 rings (SSSR count). The Hall–Kier alpha value is -1.26. The zero-order chi connectivity index (χ0) is 23.0. The number of rotatable bonds is 10. The first-order valence-electron chi connectivity index (χ1n) is 13.3. The number of hydroxylamine groups is 1. The lowest BCUT2D eigenvalue weighted by Gasteiger charge is -2.41. The van der Waals surface area contributed by atoms with Crippen LogP contribution in [0.15, 0.2) is 0 Å². The van der Waals surface area contributed by atoms with Gasteiger partial charge in [0.25, 0.3) is 0 Å². The van der Waals surface area contributed by atoms with Gasteiger partial charge in [0.05, 0.1) is 12.3 Å². The van der Waals surface area contributed by atoms with E-state index in [-0.39, 0.29) is 36.3 Å². The van der Waals surface area contributed by atoms with E-state index in [0.717, 1.165) is 51.0 Å². The lowest BCUT2D eigenvalue weighted by atomic mass is 9.76. The predicted molar refractivity (Wildman–Crippen MR) is 126 cm³/mol. The molecule has 9 heteroatoms. The molecule has 33 heavy (non-hydrogen) atoms. The van der Waals surface area contributed by atoms with Crippen molar-refractivity contribution < 1.29 is 14.4 Å². The normalized spacial score (nSPS) is 36.8. The minimum absolute atomic E-state index is 0.00144.